The number of hydrogen-bond donors (Lipinski definition) is 0. The Labute approximate surface area is 150 Å². The first-order valence-electron chi connectivity index (χ1n) is 9.01. The second kappa shape index (κ2) is 6.62. The second-order valence-electron chi connectivity index (χ2n) is 7.93. The van der Waals surface area contributed by atoms with Gasteiger partial charge >= 0.3 is 0 Å². The minimum atomic E-state index is -0.238. The fourth-order valence-electron chi connectivity index (χ4n) is 4.20. The molecular formula is C22H27FN2. The zero-order valence-electron chi connectivity index (χ0n) is 15.8. The highest BCUT2D eigenvalue weighted by Crippen LogP contribution is 2.44. The summed E-state index contributed by atoms with van der Waals surface area (Å²) in [5.74, 6) is 0.275. The van der Waals surface area contributed by atoms with Gasteiger partial charge in [0.15, 0.2) is 0 Å². The Kier molecular flexibility index (Phi) is 4.68. The molecule has 0 aliphatic carbocycles. The highest BCUT2D eigenvalue weighted by atomic mass is 19.1. The van der Waals surface area contributed by atoms with E-state index in [1.165, 1.54) is 23.4 Å². The number of fused-ring (bicyclic) bond motifs is 1. The van der Waals surface area contributed by atoms with Crippen LogP contribution in [0.4, 0.5) is 15.8 Å². The number of halogens is 1. The van der Waals surface area contributed by atoms with E-state index < -0.39 is 0 Å². The molecule has 0 unspecified atom stereocenters. The molecule has 1 aliphatic heterocycles. The smallest absolute Gasteiger partial charge is 0.123 e. The van der Waals surface area contributed by atoms with E-state index in [9.17, 15) is 4.39 Å². The van der Waals surface area contributed by atoms with E-state index in [-0.39, 0.29) is 11.4 Å². The van der Waals surface area contributed by atoms with Gasteiger partial charge in [0.05, 0.1) is 5.69 Å². The molecule has 0 aromatic heterocycles. The summed E-state index contributed by atoms with van der Waals surface area (Å²) in [6.07, 6.45) is 3.00. The van der Waals surface area contributed by atoms with Gasteiger partial charge in [-0.1, -0.05) is 13.0 Å². The Balaban J connectivity index is 1.93. The molecular weight excluding hydrogens is 311 g/mol. The lowest BCUT2D eigenvalue weighted by Gasteiger charge is -2.50. The first kappa shape index (κ1) is 17.7. The van der Waals surface area contributed by atoms with Gasteiger partial charge in [0.2, 0.25) is 0 Å². The van der Waals surface area contributed by atoms with Gasteiger partial charge in [-0.15, -0.1) is 0 Å². The van der Waals surface area contributed by atoms with Crippen LogP contribution in [0.5, 0.6) is 0 Å². The summed E-state index contributed by atoms with van der Waals surface area (Å²) < 4.78 is 13.0. The minimum Gasteiger partial charge on any atom is -0.364 e. The van der Waals surface area contributed by atoms with Crippen molar-refractivity contribution in [3.63, 3.8) is 0 Å². The maximum absolute atomic E-state index is 13.0. The lowest BCUT2D eigenvalue weighted by atomic mass is 9.79. The van der Waals surface area contributed by atoms with E-state index in [1.54, 1.807) is 12.1 Å². The molecule has 3 heteroatoms. The highest BCUT2D eigenvalue weighted by molar-refractivity contribution is 5.83. The van der Waals surface area contributed by atoms with Crippen molar-refractivity contribution in [3.8, 4) is 0 Å². The molecule has 0 bridgehead atoms. The molecule has 0 amide bonds. The van der Waals surface area contributed by atoms with Crippen LogP contribution < -0.4 is 4.90 Å². The van der Waals surface area contributed by atoms with Crippen LogP contribution in [0, 0.1) is 5.82 Å². The number of rotatable bonds is 3. The lowest BCUT2D eigenvalue weighted by molar-refractivity contribution is 0.356. The molecule has 1 aliphatic rings. The van der Waals surface area contributed by atoms with E-state index in [0.29, 0.717) is 12.0 Å². The predicted octanol–water partition coefficient (Wildman–Crippen LogP) is 6.08. The number of nitrogens with zero attached hydrogens (tertiary/aromatic N) is 2. The number of benzene rings is 2. The first-order chi connectivity index (χ1) is 11.8. The monoisotopic (exact) mass is 338 g/mol. The van der Waals surface area contributed by atoms with Crippen molar-refractivity contribution in [2.75, 3.05) is 4.90 Å². The Morgan fingerprint density at radius 2 is 1.84 bits per heavy atom. The largest absolute Gasteiger partial charge is 0.364 e. The van der Waals surface area contributed by atoms with E-state index in [4.69, 9.17) is 0 Å². The Hall–Kier alpha value is -2.16. The summed E-state index contributed by atoms with van der Waals surface area (Å²) in [6, 6.07) is 13.3. The number of hydrogen-bond acceptors (Lipinski definition) is 2. The van der Waals surface area contributed by atoms with Gasteiger partial charge in [-0.3, -0.25) is 4.99 Å². The van der Waals surface area contributed by atoms with Gasteiger partial charge in [0.1, 0.15) is 5.82 Å². The van der Waals surface area contributed by atoms with Gasteiger partial charge in [-0.2, -0.15) is 0 Å². The van der Waals surface area contributed by atoms with E-state index in [2.05, 4.69) is 62.7 Å². The van der Waals surface area contributed by atoms with Crippen molar-refractivity contribution in [2.24, 2.45) is 4.99 Å². The van der Waals surface area contributed by atoms with Crippen molar-refractivity contribution < 1.29 is 4.39 Å². The fraction of sp³-hybridized carbons (Fsp3) is 0.409. The van der Waals surface area contributed by atoms with Gasteiger partial charge in [0.25, 0.3) is 0 Å². The van der Waals surface area contributed by atoms with Crippen LogP contribution in [-0.4, -0.2) is 17.8 Å². The molecule has 132 valence electrons. The van der Waals surface area contributed by atoms with Crippen LogP contribution >= 0.6 is 0 Å². The molecule has 0 saturated carbocycles. The first-order valence-corrected chi connectivity index (χ1v) is 9.01. The molecule has 0 fully saturated rings. The summed E-state index contributed by atoms with van der Waals surface area (Å²) in [5, 5.41) is 0. The topological polar surface area (TPSA) is 15.6 Å². The summed E-state index contributed by atoms with van der Waals surface area (Å²) >= 11 is 0. The minimum absolute atomic E-state index is 0.157. The summed E-state index contributed by atoms with van der Waals surface area (Å²) in [4.78, 5) is 7.00. The van der Waals surface area contributed by atoms with Crippen molar-refractivity contribution in [3.05, 3.63) is 59.4 Å². The van der Waals surface area contributed by atoms with Crippen molar-refractivity contribution in [1.82, 2.24) is 0 Å². The molecule has 0 N–H and O–H groups in total. The lowest BCUT2D eigenvalue weighted by Crippen LogP contribution is -2.51. The highest BCUT2D eigenvalue weighted by Gasteiger charge is 2.37. The third kappa shape index (κ3) is 3.60. The van der Waals surface area contributed by atoms with Gasteiger partial charge in [-0.05, 0) is 87.6 Å². The zero-order valence-corrected chi connectivity index (χ0v) is 15.8. The normalized spacial score (nSPS) is 19.5. The predicted molar refractivity (Wildman–Crippen MR) is 105 cm³/mol. The molecule has 2 aromatic rings. The molecule has 1 atom stereocenters. The average molecular weight is 338 g/mol. The van der Waals surface area contributed by atoms with Crippen LogP contribution in [0.1, 0.15) is 58.1 Å². The van der Waals surface area contributed by atoms with Crippen molar-refractivity contribution in [2.45, 2.75) is 58.5 Å². The van der Waals surface area contributed by atoms with Gasteiger partial charge < -0.3 is 4.90 Å². The Morgan fingerprint density at radius 3 is 2.48 bits per heavy atom. The van der Waals surface area contributed by atoms with Crippen LogP contribution in [0.3, 0.4) is 0 Å². The summed E-state index contributed by atoms with van der Waals surface area (Å²) in [6.45, 7) is 11.5. The Bertz CT molecular complexity index is 775. The molecule has 2 nitrogen and oxygen atoms in total. The summed E-state index contributed by atoms with van der Waals surface area (Å²) in [5.41, 5.74) is 4.72. The SMILES string of the molecule is CC(C)N1c2ccc(C=Nc3ccc(F)cc3)cc2[C@H](C)CC1(C)C. The molecule has 0 spiro atoms. The second-order valence-corrected chi connectivity index (χ2v) is 7.93. The standard InChI is InChI=1S/C22H27FN2/c1-15(2)25-21-11-6-17(12-20(21)16(3)13-22(25,4)5)14-24-19-9-7-18(23)8-10-19/h6-12,14-16H,13H2,1-5H3/t16-/m1/s1. The molecule has 2 aromatic carbocycles. The molecule has 25 heavy (non-hydrogen) atoms. The average Bonchev–Trinajstić information content (AvgIpc) is 2.53. The van der Waals surface area contributed by atoms with E-state index in [1.807, 2.05) is 6.21 Å². The molecule has 3 rings (SSSR count). The van der Waals surface area contributed by atoms with Crippen molar-refractivity contribution >= 4 is 17.6 Å². The third-order valence-electron chi connectivity index (χ3n) is 5.01. The Morgan fingerprint density at radius 1 is 1.16 bits per heavy atom. The quantitative estimate of drug-likeness (QED) is 0.620. The maximum Gasteiger partial charge on any atom is 0.123 e. The van der Waals surface area contributed by atoms with Crippen LogP contribution in [0.15, 0.2) is 47.5 Å². The van der Waals surface area contributed by atoms with Crippen LogP contribution in [-0.2, 0) is 0 Å². The zero-order chi connectivity index (χ0) is 18.2. The molecule has 0 saturated heterocycles. The van der Waals surface area contributed by atoms with Crippen LogP contribution in [0.2, 0.25) is 0 Å². The van der Waals surface area contributed by atoms with Gasteiger partial charge in [0, 0.05) is 23.5 Å². The number of aliphatic imine (C=N–C) groups is 1. The number of anilines is 1. The van der Waals surface area contributed by atoms with Crippen molar-refractivity contribution in [1.29, 1.82) is 0 Å². The molecule has 0 radical (unpaired) electrons. The van der Waals surface area contributed by atoms with Crippen LogP contribution in [0.25, 0.3) is 0 Å². The van der Waals surface area contributed by atoms with Gasteiger partial charge in [-0.25, -0.2) is 4.39 Å². The fourth-order valence-corrected chi connectivity index (χ4v) is 4.20. The van der Waals surface area contributed by atoms with E-state index >= 15 is 0 Å². The maximum atomic E-state index is 13.0. The third-order valence-corrected chi connectivity index (χ3v) is 5.01. The molecule has 1 heterocycles. The van der Waals surface area contributed by atoms with E-state index in [0.717, 1.165) is 17.7 Å². The summed E-state index contributed by atoms with van der Waals surface area (Å²) in [7, 11) is 0.